The summed E-state index contributed by atoms with van der Waals surface area (Å²) in [6.45, 7) is 3.31. The van der Waals surface area contributed by atoms with Crippen LogP contribution in [0.5, 0.6) is 0 Å². The number of rotatable bonds is 21. The van der Waals surface area contributed by atoms with Crippen molar-refractivity contribution in [3.63, 3.8) is 0 Å². The van der Waals surface area contributed by atoms with Gasteiger partial charge in [0.25, 0.3) is 0 Å². The Hall–Kier alpha value is -3.38. The smallest absolute Gasteiger partial charge is 0.335 e. The van der Waals surface area contributed by atoms with E-state index in [1.807, 2.05) is 19.2 Å². The van der Waals surface area contributed by atoms with Crippen molar-refractivity contribution < 1.29 is 49.3 Å². The number of hydroxylamine groups is 2. The summed E-state index contributed by atoms with van der Waals surface area (Å²) in [4.78, 5) is 72.4. The van der Waals surface area contributed by atoms with Crippen molar-refractivity contribution in [2.24, 2.45) is 17.4 Å². The van der Waals surface area contributed by atoms with Crippen LogP contribution in [0.4, 0.5) is 0 Å². The van der Waals surface area contributed by atoms with Crippen LogP contribution in [-0.4, -0.2) is 118 Å². The predicted octanol–water partition coefficient (Wildman–Crippen LogP) is -4.27. The Morgan fingerprint density at radius 3 is 2.08 bits per heavy atom. The Kier molecular flexibility index (Phi) is 18.0. The van der Waals surface area contributed by atoms with Crippen LogP contribution in [0.1, 0.15) is 46.0 Å². The van der Waals surface area contributed by atoms with E-state index in [-0.39, 0.29) is 38.1 Å². The van der Waals surface area contributed by atoms with Crippen LogP contribution in [0, 0.1) is 5.92 Å². The maximum absolute atomic E-state index is 12.8. The zero-order valence-electron chi connectivity index (χ0n) is 22.7. The summed E-state index contributed by atoms with van der Waals surface area (Å²) >= 11 is 0. The predicted molar refractivity (Wildman–Crippen MR) is 139 cm³/mol. The van der Waals surface area contributed by atoms with Gasteiger partial charge in [-0.05, 0) is 44.6 Å². The fraction of sp³-hybridized carbons (Fsp3) is 0.739. The first-order valence-corrected chi connectivity index (χ1v) is 12.9. The number of carboxylic acid groups (broad SMARTS) is 1. The van der Waals surface area contributed by atoms with Crippen LogP contribution >= 0.6 is 0 Å². The number of nitrogens with zero attached hydrogens (tertiary/aromatic N) is 1. The summed E-state index contributed by atoms with van der Waals surface area (Å²) in [6, 6.07) is -6.10. The Balaban J connectivity index is 5.44. The highest BCUT2D eigenvalue weighted by molar-refractivity contribution is 5.97. The SMILES string of the molecule is CC(C)C[C@H](NC(=O)[C@H](CO)NC(=O)[C@H](NC(=O)[C@@H](N)CCCN(O)C=O)[C@@H](O)C(=O)O)C(=O)NCCCCN. The van der Waals surface area contributed by atoms with E-state index in [0.717, 1.165) is 0 Å². The number of aliphatic hydroxyl groups excluding tert-OH is 2. The molecule has 17 nitrogen and oxygen atoms in total. The molecule has 0 heterocycles. The van der Waals surface area contributed by atoms with Crippen molar-refractivity contribution in [1.29, 1.82) is 0 Å². The molecule has 0 aliphatic rings. The van der Waals surface area contributed by atoms with Gasteiger partial charge in [0, 0.05) is 13.1 Å². The number of unbranched alkanes of at least 4 members (excludes halogenated alkanes) is 1. The highest BCUT2D eigenvalue weighted by atomic mass is 16.5. The molecule has 40 heavy (non-hydrogen) atoms. The zero-order chi connectivity index (χ0) is 30.8. The molecule has 0 rings (SSSR count). The standard InChI is InChI=1S/C23H43N7O10/c1-13(2)10-15(20(35)26-8-4-3-7-24)27-21(36)16(11-31)28-22(37)17(18(33)23(38)39)29-19(34)14(25)6-5-9-30(40)12-32/h12-18,31,33,40H,3-11,24-25H2,1-2H3,(H,26,35)(H,27,36)(H,28,37)(H,29,34)(H,38,39)/t14-,15-,16-,17+,18+/m0/s1. The van der Waals surface area contributed by atoms with Gasteiger partial charge in [-0.15, -0.1) is 0 Å². The van der Waals surface area contributed by atoms with E-state index in [0.29, 0.717) is 31.0 Å². The molecular formula is C23H43N7O10. The molecule has 12 N–H and O–H groups in total. The van der Waals surface area contributed by atoms with E-state index in [9.17, 15) is 44.1 Å². The fourth-order valence-corrected chi connectivity index (χ4v) is 3.38. The van der Waals surface area contributed by atoms with E-state index >= 15 is 0 Å². The minimum atomic E-state index is -2.45. The molecule has 0 spiro atoms. The van der Waals surface area contributed by atoms with Crippen molar-refractivity contribution in [3.8, 4) is 0 Å². The lowest BCUT2D eigenvalue weighted by molar-refractivity contribution is -0.152. The molecule has 0 aromatic heterocycles. The number of amides is 5. The second kappa shape index (κ2) is 19.6. The second-order valence-corrected chi connectivity index (χ2v) is 9.51. The topological polar surface area (TPSA) is 287 Å². The summed E-state index contributed by atoms with van der Waals surface area (Å²) in [5.74, 6) is -5.70. The molecule has 0 aliphatic carbocycles. The van der Waals surface area contributed by atoms with Gasteiger partial charge in [-0.1, -0.05) is 13.8 Å². The maximum Gasteiger partial charge on any atom is 0.335 e. The summed E-state index contributed by atoms with van der Waals surface area (Å²) in [5, 5.41) is 47.5. The Labute approximate surface area is 232 Å². The first-order valence-electron chi connectivity index (χ1n) is 12.9. The Morgan fingerprint density at radius 2 is 1.55 bits per heavy atom. The largest absolute Gasteiger partial charge is 0.479 e. The molecular weight excluding hydrogens is 534 g/mol. The quantitative estimate of drug-likeness (QED) is 0.0268. The number of carbonyl (C=O) groups is 6. The van der Waals surface area contributed by atoms with Gasteiger partial charge in [0.1, 0.15) is 18.1 Å². The van der Waals surface area contributed by atoms with Crippen molar-refractivity contribution in [1.82, 2.24) is 26.3 Å². The molecule has 0 aromatic carbocycles. The second-order valence-electron chi connectivity index (χ2n) is 9.51. The van der Waals surface area contributed by atoms with E-state index < -0.39 is 66.5 Å². The van der Waals surface area contributed by atoms with Crippen LogP contribution < -0.4 is 32.7 Å². The summed E-state index contributed by atoms with van der Waals surface area (Å²) in [6.07, 6.45) is -0.767. The van der Waals surface area contributed by atoms with Crippen LogP contribution in [-0.2, 0) is 28.8 Å². The van der Waals surface area contributed by atoms with Crippen LogP contribution in [0.15, 0.2) is 0 Å². The average molecular weight is 578 g/mol. The van der Waals surface area contributed by atoms with E-state index in [2.05, 4.69) is 16.0 Å². The monoisotopic (exact) mass is 577 g/mol. The van der Waals surface area contributed by atoms with Crippen LogP contribution in [0.2, 0.25) is 0 Å². The highest BCUT2D eigenvalue weighted by Crippen LogP contribution is 2.06. The third-order valence-corrected chi connectivity index (χ3v) is 5.60. The number of nitrogens with one attached hydrogen (secondary N) is 4. The van der Waals surface area contributed by atoms with Gasteiger partial charge in [-0.25, -0.2) is 9.86 Å². The lowest BCUT2D eigenvalue weighted by Gasteiger charge is -2.26. The van der Waals surface area contributed by atoms with Crippen molar-refractivity contribution >= 4 is 36.0 Å². The molecule has 17 heteroatoms. The van der Waals surface area contributed by atoms with E-state index in [4.69, 9.17) is 16.7 Å². The van der Waals surface area contributed by atoms with Gasteiger partial charge < -0.3 is 48.1 Å². The van der Waals surface area contributed by atoms with Crippen molar-refractivity contribution in [3.05, 3.63) is 0 Å². The molecule has 0 radical (unpaired) electrons. The van der Waals surface area contributed by atoms with Gasteiger partial charge >= 0.3 is 5.97 Å². The molecule has 5 amide bonds. The summed E-state index contributed by atoms with van der Waals surface area (Å²) < 4.78 is 0. The number of aliphatic carboxylic acids is 1. The van der Waals surface area contributed by atoms with Gasteiger partial charge in [0.2, 0.25) is 30.0 Å². The molecule has 0 aromatic rings. The highest BCUT2D eigenvalue weighted by Gasteiger charge is 2.37. The van der Waals surface area contributed by atoms with E-state index in [1.165, 1.54) is 0 Å². The number of hydrogen-bond acceptors (Lipinski definition) is 11. The first-order chi connectivity index (χ1) is 18.8. The number of carboxylic acids is 1. The fourth-order valence-electron chi connectivity index (χ4n) is 3.38. The maximum atomic E-state index is 12.8. The van der Waals surface area contributed by atoms with Crippen molar-refractivity contribution in [2.45, 2.75) is 76.2 Å². The number of hydrogen-bond donors (Lipinski definition) is 10. The van der Waals surface area contributed by atoms with Gasteiger partial charge in [0.05, 0.1) is 12.6 Å². The van der Waals surface area contributed by atoms with Crippen LogP contribution in [0.25, 0.3) is 0 Å². The normalized spacial score (nSPS) is 14.7. The molecule has 230 valence electrons. The minimum absolute atomic E-state index is 0.0179. The Morgan fingerprint density at radius 1 is 0.925 bits per heavy atom. The lowest BCUT2D eigenvalue weighted by atomic mass is 10.0. The molecule has 0 saturated carbocycles. The minimum Gasteiger partial charge on any atom is -0.479 e. The van der Waals surface area contributed by atoms with Gasteiger partial charge in [0.15, 0.2) is 6.10 Å². The summed E-state index contributed by atoms with van der Waals surface area (Å²) in [5.41, 5.74) is 11.1. The van der Waals surface area contributed by atoms with Gasteiger partial charge in [-0.2, -0.15) is 0 Å². The number of carbonyl (C=O) groups excluding carboxylic acids is 5. The van der Waals surface area contributed by atoms with Crippen LogP contribution in [0.3, 0.4) is 0 Å². The summed E-state index contributed by atoms with van der Waals surface area (Å²) in [7, 11) is 0. The molecule has 0 unspecified atom stereocenters. The molecule has 0 saturated heterocycles. The molecule has 0 bridgehead atoms. The lowest BCUT2D eigenvalue weighted by Crippen LogP contribution is -2.62. The molecule has 0 aliphatic heterocycles. The van der Waals surface area contributed by atoms with Crippen molar-refractivity contribution in [2.75, 3.05) is 26.2 Å². The number of aliphatic hydroxyl groups is 2. The average Bonchev–Trinajstić information content (AvgIpc) is 2.90. The molecule has 5 atom stereocenters. The number of nitrogens with two attached hydrogens (primary N) is 2. The molecule has 0 fully saturated rings. The first kappa shape index (κ1) is 36.6. The Bertz CT molecular complexity index is 845. The zero-order valence-corrected chi connectivity index (χ0v) is 22.7. The van der Waals surface area contributed by atoms with Gasteiger partial charge in [-0.3, -0.25) is 29.2 Å². The van der Waals surface area contributed by atoms with E-state index in [1.54, 1.807) is 0 Å². The third kappa shape index (κ3) is 14.1. The third-order valence-electron chi connectivity index (χ3n) is 5.60.